The average molecular weight is 301 g/mol. The minimum atomic E-state index is -1.62. The summed E-state index contributed by atoms with van der Waals surface area (Å²) >= 11 is 0. The molecule has 0 unspecified atom stereocenters. The standard InChI is InChI=1S/C14H10N2O6/c17-13(9-3-1-4-10(7-9)16(20)21)15-12(14(18)19)8-11-5-2-6-22-11/h1-8H,(H,15,17)(H,18,19)/p-1/b12-8-. The molecule has 22 heavy (non-hydrogen) atoms. The van der Waals surface area contributed by atoms with E-state index in [4.69, 9.17) is 4.42 Å². The van der Waals surface area contributed by atoms with E-state index in [2.05, 4.69) is 5.32 Å². The van der Waals surface area contributed by atoms with Crippen molar-refractivity contribution in [1.29, 1.82) is 0 Å². The lowest BCUT2D eigenvalue weighted by Crippen LogP contribution is -2.35. The Balaban J connectivity index is 2.24. The summed E-state index contributed by atoms with van der Waals surface area (Å²) in [5, 5.41) is 23.8. The number of benzene rings is 1. The van der Waals surface area contributed by atoms with Gasteiger partial charge in [-0.1, -0.05) is 6.07 Å². The van der Waals surface area contributed by atoms with Crippen molar-refractivity contribution in [1.82, 2.24) is 5.32 Å². The minimum absolute atomic E-state index is 0.0548. The third kappa shape index (κ3) is 3.57. The summed E-state index contributed by atoms with van der Waals surface area (Å²) in [4.78, 5) is 33.0. The normalized spacial score (nSPS) is 11.0. The Morgan fingerprint density at radius 2 is 2.00 bits per heavy atom. The highest BCUT2D eigenvalue weighted by Gasteiger charge is 2.13. The molecule has 8 nitrogen and oxygen atoms in total. The number of nitro benzene ring substituents is 1. The first-order valence-electron chi connectivity index (χ1n) is 6.00. The van der Waals surface area contributed by atoms with E-state index in [1.54, 1.807) is 6.07 Å². The molecular formula is C14H9N2O6-. The number of hydrogen-bond donors (Lipinski definition) is 1. The highest BCUT2D eigenvalue weighted by molar-refractivity contribution is 6.02. The smallest absolute Gasteiger partial charge is 0.270 e. The van der Waals surface area contributed by atoms with Gasteiger partial charge in [0.25, 0.3) is 11.6 Å². The monoisotopic (exact) mass is 301 g/mol. The molecule has 0 aliphatic rings. The maximum absolute atomic E-state index is 12.0. The summed E-state index contributed by atoms with van der Waals surface area (Å²) in [6, 6.07) is 7.93. The fourth-order valence-electron chi connectivity index (χ4n) is 1.62. The summed E-state index contributed by atoms with van der Waals surface area (Å²) in [5.41, 5.74) is -0.857. The fourth-order valence-corrected chi connectivity index (χ4v) is 1.62. The zero-order valence-corrected chi connectivity index (χ0v) is 11.0. The molecule has 1 amide bonds. The molecule has 1 N–H and O–H groups in total. The molecule has 1 heterocycles. The number of nitro groups is 1. The number of aliphatic carboxylic acids is 1. The predicted octanol–water partition coefficient (Wildman–Crippen LogP) is 0.709. The second kappa shape index (κ2) is 6.35. The average Bonchev–Trinajstić information content (AvgIpc) is 2.99. The second-order valence-corrected chi connectivity index (χ2v) is 4.12. The molecule has 2 aromatic rings. The third-order valence-corrected chi connectivity index (χ3v) is 2.62. The summed E-state index contributed by atoms with van der Waals surface area (Å²) in [5.74, 6) is -2.22. The van der Waals surface area contributed by atoms with Crippen LogP contribution in [0, 0.1) is 10.1 Å². The Labute approximate surface area is 123 Å². The van der Waals surface area contributed by atoms with Crippen molar-refractivity contribution >= 4 is 23.6 Å². The van der Waals surface area contributed by atoms with Gasteiger partial charge in [-0.3, -0.25) is 14.9 Å². The number of nitrogens with zero attached hydrogens (tertiary/aromatic N) is 1. The molecule has 0 bridgehead atoms. The highest BCUT2D eigenvalue weighted by Crippen LogP contribution is 2.13. The van der Waals surface area contributed by atoms with E-state index < -0.39 is 22.5 Å². The van der Waals surface area contributed by atoms with Gasteiger partial charge in [-0.05, 0) is 18.2 Å². The molecular weight excluding hydrogens is 292 g/mol. The number of furan rings is 1. The zero-order valence-electron chi connectivity index (χ0n) is 11.0. The van der Waals surface area contributed by atoms with Crippen molar-refractivity contribution in [2.45, 2.75) is 0 Å². The first-order valence-corrected chi connectivity index (χ1v) is 6.00. The van der Waals surface area contributed by atoms with Crippen molar-refractivity contribution < 1.29 is 24.0 Å². The SMILES string of the molecule is O=C([O-])/C(=C/c1ccco1)NC(=O)c1cccc([N+](=O)[O-])c1. The van der Waals surface area contributed by atoms with Gasteiger partial charge in [0.05, 0.1) is 22.9 Å². The first kappa shape index (κ1) is 15.0. The van der Waals surface area contributed by atoms with Crippen LogP contribution in [-0.2, 0) is 4.79 Å². The minimum Gasteiger partial charge on any atom is -0.543 e. The van der Waals surface area contributed by atoms with E-state index in [9.17, 15) is 24.8 Å². The number of carbonyl (C=O) groups excluding carboxylic acids is 2. The topological polar surface area (TPSA) is 126 Å². The molecule has 1 aromatic heterocycles. The van der Waals surface area contributed by atoms with Crippen LogP contribution in [-0.4, -0.2) is 16.8 Å². The first-order chi connectivity index (χ1) is 10.5. The summed E-state index contributed by atoms with van der Waals surface area (Å²) in [6.45, 7) is 0. The van der Waals surface area contributed by atoms with E-state index in [0.717, 1.165) is 12.1 Å². The second-order valence-electron chi connectivity index (χ2n) is 4.12. The van der Waals surface area contributed by atoms with Gasteiger partial charge in [-0.2, -0.15) is 0 Å². The number of non-ortho nitro benzene ring substituents is 1. The van der Waals surface area contributed by atoms with Crippen molar-refractivity contribution in [2.24, 2.45) is 0 Å². The van der Waals surface area contributed by atoms with Crippen LogP contribution in [0.15, 0.2) is 52.8 Å². The predicted molar refractivity (Wildman–Crippen MR) is 72.3 cm³/mol. The Hall–Kier alpha value is -3.42. The van der Waals surface area contributed by atoms with Gasteiger partial charge in [0.1, 0.15) is 5.76 Å². The number of carboxylic acid groups (broad SMARTS) is 1. The van der Waals surface area contributed by atoms with Crippen LogP contribution in [0.5, 0.6) is 0 Å². The van der Waals surface area contributed by atoms with Crippen LogP contribution in [0.25, 0.3) is 6.08 Å². The number of carboxylic acids is 1. The van der Waals surface area contributed by atoms with Crippen LogP contribution in [0.3, 0.4) is 0 Å². The van der Waals surface area contributed by atoms with Gasteiger partial charge < -0.3 is 19.6 Å². The summed E-state index contributed by atoms with van der Waals surface area (Å²) in [6.07, 6.45) is 2.41. The number of nitrogens with one attached hydrogen (secondary N) is 1. The Morgan fingerprint density at radius 3 is 2.59 bits per heavy atom. The summed E-state index contributed by atoms with van der Waals surface area (Å²) in [7, 11) is 0. The van der Waals surface area contributed by atoms with Gasteiger partial charge >= 0.3 is 0 Å². The Morgan fingerprint density at radius 1 is 1.23 bits per heavy atom. The third-order valence-electron chi connectivity index (χ3n) is 2.62. The van der Waals surface area contributed by atoms with Gasteiger partial charge in [-0.25, -0.2) is 0 Å². The Kier molecular flexibility index (Phi) is 4.33. The largest absolute Gasteiger partial charge is 0.543 e. The molecule has 0 atom stereocenters. The number of amides is 1. The molecule has 0 saturated carbocycles. The van der Waals surface area contributed by atoms with Crippen LogP contribution in [0.1, 0.15) is 16.1 Å². The van der Waals surface area contributed by atoms with Crippen LogP contribution < -0.4 is 10.4 Å². The summed E-state index contributed by atoms with van der Waals surface area (Å²) < 4.78 is 4.94. The van der Waals surface area contributed by atoms with E-state index in [1.165, 1.54) is 30.5 Å². The van der Waals surface area contributed by atoms with E-state index in [0.29, 0.717) is 0 Å². The van der Waals surface area contributed by atoms with Crippen molar-refractivity contribution in [3.63, 3.8) is 0 Å². The van der Waals surface area contributed by atoms with Gasteiger partial charge in [-0.15, -0.1) is 0 Å². The molecule has 0 spiro atoms. The molecule has 1 aromatic carbocycles. The molecule has 112 valence electrons. The maximum atomic E-state index is 12.0. The molecule has 8 heteroatoms. The number of carbonyl (C=O) groups is 2. The van der Waals surface area contributed by atoms with E-state index in [-0.39, 0.29) is 17.0 Å². The maximum Gasteiger partial charge on any atom is 0.270 e. The van der Waals surface area contributed by atoms with Crippen molar-refractivity contribution in [3.05, 3.63) is 69.8 Å². The van der Waals surface area contributed by atoms with Crippen LogP contribution in [0.4, 0.5) is 5.69 Å². The van der Waals surface area contributed by atoms with Gasteiger partial charge in [0.2, 0.25) is 0 Å². The highest BCUT2D eigenvalue weighted by atomic mass is 16.6. The molecule has 0 saturated heterocycles. The number of hydrogen-bond acceptors (Lipinski definition) is 6. The molecule has 0 fully saturated rings. The van der Waals surface area contributed by atoms with E-state index >= 15 is 0 Å². The fraction of sp³-hybridized carbons (Fsp3) is 0. The van der Waals surface area contributed by atoms with Crippen LogP contribution in [0.2, 0.25) is 0 Å². The number of rotatable bonds is 5. The van der Waals surface area contributed by atoms with E-state index in [1.807, 2.05) is 0 Å². The lowest BCUT2D eigenvalue weighted by molar-refractivity contribution is -0.384. The zero-order chi connectivity index (χ0) is 16.1. The quantitative estimate of drug-likeness (QED) is 0.492. The lowest BCUT2D eigenvalue weighted by atomic mass is 10.2. The lowest BCUT2D eigenvalue weighted by Gasteiger charge is -2.10. The Bertz CT molecular complexity index is 748. The van der Waals surface area contributed by atoms with Gasteiger partial charge in [0, 0.05) is 23.8 Å². The van der Waals surface area contributed by atoms with Crippen LogP contribution >= 0.6 is 0 Å². The van der Waals surface area contributed by atoms with Gasteiger partial charge in [0.15, 0.2) is 0 Å². The molecule has 0 radical (unpaired) electrons. The van der Waals surface area contributed by atoms with Crippen molar-refractivity contribution in [3.8, 4) is 0 Å². The van der Waals surface area contributed by atoms with Crippen molar-refractivity contribution in [2.75, 3.05) is 0 Å². The molecule has 2 rings (SSSR count). The molecule has 0 aliphatic carbocycles. The molecule has 0 aliphatic heterocycles.